The van der Waals surface area contributed by atoms with Gasteiger partial charge in [0, 0.05) is 25.8 Å². The first-order valence-electron chi connectivity index (χ1n) is 7.79. The van der Waals surface area contributed by atoms with E-state index in [1.165, 1.54) is 44.9 Å². The number of aliphatic hydroxyl groups excluding tert-OH is 1. The lowest BCUT2D eigenvalue weighted by Crippen LogP contribution is -2.46. The lowest BCUT2D eigenvalue weighted by Gasteiger charge is -2.40. The molecule has 3 atom stereocenters. The lowest BCUT2D eigenvalue weighted by molar-refractivity contribution is 0.00282. The molecule has 3 rings (SSSR count). The molecular weight excluding hydrogens is 226 g/mol. The van der Waals surface area contributed by atoms with Gasteiger partial charge in [0.1, 0.15) is 0 Å². The smallest absolute Gasteiger partial charge is 0.0580 e. The van der Waals surface area contributed by atoms with Gasteiger partial charge in [0.25, 0.3) is 0 Å². The maximum Gasteiger partial charge on any atom is 0.0580 e. The Morgan fingerprint density at radius 3 is 2.61 bits per heavy atom. The highest BCUT2D eigenvalue weighted by molar-refractivity contribution is 4.98. The molecule has 1 heterocycles. The summed E-state index contributed by atoms with van der Waals surface area (Å²) >= 11 is 0. The van der Waals surface area contributed by atoms with Crippen molar-refractivity contribution in [1.29, 1.82) is 0 Å². The largest absolute Gasteiger partial charge is 0.393 e. The molecule has 0 bridgehead atoms. The Morgan fingerprint density at radius 1 is 1.06 bits per heavy atom. The first-order chi connectivity index (χ1) is 8.80. The molecule has 104 valence electrons. The zero-order valence-corrected chi connectivity index (χ0v) is 11.4. The van der Waals surface area contributed by atoms with Crippen LogP contribution in [0.4, 0.5) is 0 Å². The lowest BCUT2D eigenvalue weighted by atomic mass is 9.75. The molecule has 1 saturated heterocycles. The van der Waals surface area contributed by atoms with Crippen LogP contribution in [-0.2, 0) is 4.74 Å². The normalized spacial score (nSPS) is 39.5. The van der Waals surface area contributed by atoms with Gasteiger partial charge in [-0.05, 0) is 49.9 Å². The third kappa shape index (κ3) is 2.45. The van der Waals surface area contributed by atoms with Crippen molar-refractivity contribution in [2.24, 2.45) is 11.3 Å². The number of ether oxygens (including phenoxy) is 1. The molecule has 0 aromatic rings. The SMILES string of the molecule is OC1CCCC1CNC1CCCC12CCOCC2. The number of hydrogen-bond donors (Lipinski definition) is 2. The molecule has 0 amide bonds. The van der Waals surface area contributed by atoms with Gasteiger partial charge in [0.2, 0.25) is 0 Å². The van der Waals surface area contributed by atoms with Gasteiger partial charge in [0.15, 0.2) is 0 Å². The van der Waals surface area contributed by atoms with Crippen molar-refractivity contribution in [3.8, 4) is 0 Å². The minimum absolute atomic E-state index is 0.0513. The molecule has 0 radical (unpaired) electrons. The third-order valence-electron chi connectivity index (χ3n) is 5.64. The fourth-order valence-electron chi connectivity index (χ4n) is 4.38. The summed E-state index contributed by atoms with van der Waals surface area (Å²) in [6.07, 6.45) is 9.90. The number of rotatable bonds is 3. The fraction of sp³-hybridized carbons (Fsp3) is 1.00. The molecule has 1 spiro atoms. The molecule has 18 heavy (non-hydrogen) atoms. The molecular formula is C15H27NO2. The van der Waals surface area contributed by atoms with Crippen molar-refractivity contribution < 1.29 is 9.84 Å². The monoisotopic (exact) mass is 253 g/mol. The summed E-state index contributed by atoms with van der Waals surface area (Å²) in [7, 11) is 0. The predicted molar refractivity (Wildman–Crippen MR) is 71.5 cm³/mol. The third-order valence-corrected chi connectivity index (χ3v) is 5.64. The van der Waals surface area contributed by atoms with Crippen LogP contribution in [-0.4, -0.2) is 37.0 Å². The quantitative estimate of drug-likeness (QED) is 0.809. The summed E-state index contributed by atoms with van der Waals surface area (Å²) in [6, 6.07) is 0.675. The fourth-order valence-corrected chi connectivity index (χ4v) is 4.38. The zero-order chi connectivity index (χ0) is 12.4. The minimum Gasteiger partial charge on any atom is -0.393 e. The maximum atomic E-state index is 9.90. The van der Waals surface area contributed by atoms with Crippen LogP contribution in [0, 0.1) is 11.3 Å². The van der Waals surface area contributed by atoms with Gasteiger partial charge >= 0.3 is 0 Å². The average Bonchev–Trinajstić information content (AvgIpc) is 2.95. The van der Waals surface area contributed by atoms with Gasteiger partial charge in [-0.15, -0.1) is 0 Å². The summed E-state index contributed by atoms with van der Waals surface area (Å²) in [5.74, 6) is 0.502. The predicted octanol–water partition coefficient (Wildman–Crippen LogP) is 2.09. The topological polar surface area (TPSA) is 41.5 Å². The summed E-state index contributed by atoms with van der Waals surface area (Å²) in [6.45, 7) is 2.92. The number of hydrogen-bond acceptors (Lipinski definition) is 3. The van der Waals surface area contributed by atoms with Gasteiger partial charge in [0.05, 0.1) is 6.10 Å². The Hall–Kier alpha value is -0.120. The summed E-state index contributed by atoms with van der Waals surface area (Å²) < 4.78 is 5.53. The molecule has 2 N–H and O–H groups in total. The van der Waals surface area contributed by atoms with Crippen molar-refractivity contribution in [1.82, 2.24) is 5.32 Å². The highest BCUT2D eigenvalue weighted by atomic mass is 16.5. The van der Waals surface area contributed by atoms with Crippen LogP contribution in [0.25, 0.3) is 0 Å². The molecule has 0 aromatic heterocycles. The standard InChI is InChI=1S/C15H27NO2/c17-13-4-1-3-12(13)11-16-14-5-2-6-15(14)7-9-18-10-8-15/h12-14,16-17H,1-11H2. The minimum atomic E-state index is -0.0513. The Kier molecular flexibility index (Phi) is 3.92. The van der Waals surface area contributed by atoms with Crippen molar-refractivity contribution in [3.05, 3.63) is 0 Å². The van der Waals surface area contributed by atoms with Crippen molar-refractivity contribution in [3.63, 3.8) is 0 Å². The van der Waals surface area contributed by atoms with E-state index in [0.29, 0.717) is 17.4 Å². The van der Waals surface area contributed by atoms with Crippen LogP contribution in [0.3, 0.4) is 0 Å². The summed E-state index contributed by atoms with van der Waals surface area (Å²) in [4.78, 5) is 0. The van der Waals surface area contributed by atoms with Crippen LogP contribution in [0.5, 0.6) is 0 Å². The Bertz CT molecular complexity index is 276. The first-order valence-corrected chi connectivity index (χ1v) is 7.79. The average molecular weight is 253 g/mol. The van der Waals surface area contributed by atoms with E-state index in [-0.39, 0.29) is 6.10 Å². The Morgan fingerprint density at radius 2 is 1.89 bits per heavy atom. The van der Waals surface area contributed by atoms with Gasteiger partial charge in [-0.25, -0.2) is 0 Å². The van der Waals surface area contributed by atoms with E-state index in [1.807, 2.05) is 0 Å². The number of nitrogens with one attached hydrogen (secondary N) is 1. The second kappa shape index (κ2) is 5.48. The summed E-state index contributed by atoms with van der Waals surface area (Å²) in [5.41, 5.74) is 0.516. The van der Waals surface area contributed by atoms with Gasteiger partial charge in [-0.3, -0.25) is 0 Å². The molecule has 3 aliphatic rings. The highest BCUT2D eigenvalue weighted by Crippen LogP contribution is 2.46. The highest BCUT2D eigenvalue weighted by Gasteiger charge is 2.43. The van der Waals surface area contributed by atoms with E-state index in [9.17, 15) is 5.11 Å². The second-order valence-electron chi connectivity index (χ2n) is 6.59. The van der Waals surface area contributed by atoms with Gasteiger partial charge < -0.3 is 15.2 Å². The van der Waals surface area contributed by atoms with E-state index >= 15 is 0 Å². The van der Waals surface area contributed by atoms with E-state index in [2.05, 4.69) is 5.32 Å². The van der Waals surface area contributed by atoms with E-state index in [4.69, 9.17) is 4.74 Å². The van der Waals surface area contributed by atoms with E-state index in [0.717, 1.165) is 26.2 Å². The molecule has 2 aliphatic carbocycles. The van der Waals surface area contributed by atoms with Crippen molar-refractivity contribution in [2.45, 2.75) is 63.5 Å². The molecule has 2 saturated carbocycles. The van der Waals surface area contributed by atoms with Crippen molar-refractivity contribution in [2.75, 3.05) is 19.8 Å². The molecule has 3 unspecified atom stereocenters. The van der Waals surface area contributed by atoms with Crippen molar-refractivity contribution >= 4 is 0 Å². The second-order valence-corrected chi connectivity index (χ2v) is 6.59. The van der Waals surface area contributed by atoms with Crippen LogP contribution < -0.4 is 5.32 Å². The molecule has 1 aliphatic heterocycles. The van der Waals surface area contributed by atoms with Gasteiger partial charge in [-0.1, -0.05) is 12.8 Å². The first kappa shape index (κ1) is 12.9. The Labute approximate surface area is 110 Å². The van der Waals surface area contributed by atoms with E-state index < -0.39 is 0 Å². The molecule has 0 aromatic carbocycles. The Balaban J connectivity index is 1.54. The van der Waals surface area contributed by atoms with Gasteiger partial charge in [-0.2, -0.15) is 0 Å². The number of aliphatic hydroxyl groups is 1. The molecule has 3 fully saturated rings. The maximum absolute atomic E-state index is 9.90. The van der Waals surface area contributed by atoms with Crippen LogP contribution >= 0.6 is 0 Å². The van der Waals surface area contributed by atoms with Crippen LogP contribution in [0.15, 0.2) is 0 Å². The zero-order valence-electron chi connectivity index (χ0n) is 11.4. The van der Waals surface area contributed by atoms with Crippen LogP contribution in [0.1, 0.15) is 51.4 Å². The summed E-state index contributed by atoms with van der Waals surface area (Å²) in [5, 5.41) is 13.7. The molecule has 3 heteroatoms. The molecule has 3 nitrogen and oxygen atoms in total. The van der Waals surface area contributed by atoms with E-state index in [1.54, 1.807) is 0 Å². The van der Waals surface area contributed by atoms with Crippen LogP contribution in [0.2, 0.25) is 0 Å².